The molecule has 0 amide bonds. The quantitative estimate of drug-likeness (QED) is 0.178. The predicted molar refractivity (Wildman–Crippen MR) is 134 cm³/mol. The fraction of sp³-hybridized carbons (Fsp3) is 0. The normalized spacial score (nSPS) is 9.27. The molecule has 0 radical (unpaired) electrons. The second-order valence-corrected chi connectivity index (χ2v) is 9.62. The molecule has 4 aromatic heterocycles. The Balaban J connectivity index is 0.000000527. The van der Waals surface area contributed by atoms with Gasteiger partial charge in [0.05, 0.1) is 22.8 Å². The topological polar surface area (TPSA) is 115 Å². The van der Waals surface area contributed by atoms with Gasteiger partial charge in [0.15, 0.2) is 0 Å². The molecule has 178 valence electrons. The van der Waals surface area contributed by atoms with Gasteiger partial charge in [-0.1, -0.05) is 70.7 Å². The van der Waals surface area contributed by atoms with Crippen molar-refractivity contribution >= 4 is 65.8 Å². The van der Waals surface area contributed by atoms with Crippen LogP contribution in [0, 0.1) is 0 Å². The molecular formula is C20H16Cl6N4O2Ru. The second-order valence-electron chi connectivity index (χ2n) is 5.43. The van der Waals surface area contributed by atoms with E-state index in [2.05, 4.69) is 19.9 Å². The van der Waals surface area contributed by atoms with E-state index >= 15 is 0 Å². The van der Waals surface area contributed by atoms with Crippen molar-refractivity contribution in [2.45, 2.75) is 0 Å². The van der Waals surface area contributed by atoms with Gasteiger partial charge < -0.3 is 11.0 Å². The number of rotatable bonds is 2. The van der Waals surface area contributed by atoms with Gasteiger partial charge in [-0.25, -0.2) is 19.9 Å². The Morgan fingerprint density at radius 1 is 0.424 bits per heavy atom. The molecule has 0 aliphatic carbocycles. The SMILES string of the molecule is Clc1cccc(-c2cccc(Cl)n2)n1.Clc1cccc(-c2cccc(Cl)n2)n1.O.O.[Cl][Ru][Cl]. The van der Waals surface area contributed by atoms with Gasteiger partial charge in [0.25, 0.3) is 0 Å². The van der Waals surface area contributed by atoms with Gasteiger partial charge in [0.1, 0.15) is 20.6 Å². The van der Waals surface area contributed by atoms with E-state index in [0.717, 1.165) is 22.8 Å². The van der Waals surface area contributed by atoms with E-state index in [1.54, 1.807) is 24.3 Å². The number of hydrogen-bond donors (Lipinski definition) is 0. The van der Waals surface area contributed by atoms with Crippen LogP contribution in [0.3, 0.4) is 0 Å². The first kappa shape index (κ1) is 31.9. The Labute approximate surface area is 226 Å². The summed E-state index contributed by atoms with van der Waals surface area (Å²) >= 11 is 22.7. The summed E-state index contributed by atoms with van der Waals surface area (Å²) in [6.07, 6.45) is 0. The monoisotopic (exact) mass is 656 g/mol. The molecule has 0 bridgehead atoms. The average molecular weight is 658 g/mol. The molecule has 4 N–H and O–H groups in total. The molecule has 13 heteroatoms. The van der Waals surface area contributed by atoms with Crippen LogP contribution >= 0.6 is 65.8 Å². The molecule has 0 fully saturated rings. The van der Waals surface area contributed by atoms with Crippen LogP contribution < -0.4 is 0 Å². The molecule has 4 aromatic rings. The van der Waals surface area contributed by atoms with Gasteiger partial charge in [0.2, 0.25) is 0 Å². The van der Waals surface area contributed by atoms with Crippen molar-refractivity contribution in [2.75, 3.05) is 0 Å². The zero-order valence-electron chi connectivity index (χ0n) is 16.3. The van der Waals surface area contributed by atoms with E-state index in [0.29, 0.717) is 20.6 Å². The summed E-state index contributed by atoms with van der Waals surface area (Å²) in [5.74, 6) is 0. The first-order valence-electron chi connectivity index (χ1n) is 8.29. The van der Waals surface area contributed by atoms with Crippen LogP contribution in [0.4, 0.5) is 0 Å². The van der Waals surface area contributed by atoms with Crippen LogP contribution in [0.25, 0.3) is 22.8 Å². The number of halogens is 6. The summed E-state index contributed by atoms with van der Waals surface area (Å²) in [7, 11) is 9.71. The molecule has 0 aromatic carbocycles. The van der Waals surface area contributed by atoms with Crippen LogP contribution in [0.1, 0.15) is 0 Å². The fourth-order valence-electron chi connectivity index (χ4n) is 2.20. The van der Waals surface area contributed by atoms with Gasteiger partial charge >= 0.3 is 34.5 Å². The molecule has 0 aliphatic heterocycles. The van der Waals surface area contributed by atoms with Gasteiger partial charge in [-0.2, -0.15) is 0 Å². The molecular weight excluding hydrogens is 642 g/mol. The minimum atomic E-state index is -0.346. The van der Waals surface area contributed by atoms with Gasteiger partial charge in [-0.15, -0.1) is 0 Å². The molecule has 0 atom stereocenters. The van der Waals surface area contributed by atoms with Gasteiger partial charge in [0, 0.05) is 0 Å². The Morgan fingerprint density at radius 3 is 0.758 bits per heavy atom. The Kier molecular flexibility index (Phi) is 16.8. The number of pyridine rings is 4. The molecule has 0 saturated carbocycles. The third kappa shape index (κ3) is 11.7. The van der Waals surface area contributed by atoms with Crippen molar-refractivity contribution < 1.29 is 26.1 Å². The van der Waals surface area contributed by atoms with E-state index in [9.17, 15) is 0 Å². The summed E-state index contributed by atoms with van der Waals surface area (Å²) in [5.41, 5.74) is 2.89. The summed E-state index contributed by atoms with van der Waals surface area (Å²) in [6, 6.07) is 21.5. The molecule has 4 rings (SSSR count). The van der Waals surface area contributed by atoms with Crippen molar-refractivity contribution in [1.82, 2.24) is 19.9 Å². The van der Waals surface area contributed by atoms with Crippen molar-refractivity contribution in [3.05, 3.63) is 93.4 Å². The molecule has 0 saturated heterocycles. The van der Waals surface area contributed by atoms with Crippen LogP contribution in [-0.2, 0) is 15.1 Å². The van der Waals surface area contributed by atoms with E-state index in [1.807, 2.05) is 48.5 Å². The molecule has 6 nitrogen and oxygen atoms in total. The van der Waals surface area contributed by atoms with E-state index in [-0.39, 0.29) is 26.1 Å². The third-order valence-electron chi connectivity index (χ3n) is 3.39. The zero-order valence-corrected chi connectivity index (χ0v) is 22.6. The van der Waals surface area contributed by atoms with Crippen LogP contribution in [0.5, 0.6) is 0 Å². The Hall–Kier alpha value is -1.12. The molecule has 0 spiro atoms. The average Bonchev–Trinajstić information content (AvgIpc) is 2.75. The van der Waals surface area contributed by atoms with Crippen LogP contribution in [0.15, 0.2) is 72.8 Å². The van der Waals surface area contributed by atoms with E-state index in [1.165, 1.54) is 0 Å². The fourth-order valence-corrected chi connectivity index (χ4v) is 2.86. The van der Waals surface area contributed by atoms with E-state index < -0.39 is 0 Å². The van der Waals surface area contributed by atoms with Crippen molar-refractivity contribution in [2.24, 2.45) is 0 Å². The van der Waals surface area contributed by atoms with Crippen LogP contribution in [-0.4, -0.2) is 30.9 Å². The van der Waals surface area contributed by atoms with Gasteiger partial charge in [-0.05, 0) is 48.5 Å². The van der Waals surface area contributed by atoms with Crippen molar-refractivity contribution in [3.63, 3.8) is 0 Å². The maximum absolute atomic E-state index is 5.76. The summed E-state index contributed by atoms with van der Waals surface area (Å²) in [4.78, 5) is 16.5. The molecule has 33 heavy (non-hydrogen) atoms. The summed E-state index contributed by atoms with van der Waals surface area (Å²) < 4.78 is 0. The van der Waals surface area contributed by atoms with Gasteiger partial charge in [-0.3, -0.25) is 0 Å². The molecule has 0 unspecified atom stereocenters. The number of nitrogens with zero attached hydrogens (tertiary/aromatic N) is 4. The zero-order chi connectivity index (χ0) is 22.6. The Morgan fingerprint density at radius 2 is 0.606 bits per heavy atom. The maximum atomic E-state index is 5.76. The molecule has 0 aliphatic rings. The predicted octanol–water partition coefficient (Wildman–Crippen LogP) is 6.63. The molecule has 4 heterocycles. The summed E-state index contributed by atoms with van der Waals surface area (Å²) in [6.45, 7) is 0. The third-order valence-corrected chi connectivity index (χ3v) is 4.23. The second kappa shape index (κ2) is 17.3. The minimum absolute atomic E-state index is 0. The first-order valence-corrected chi connectivity index (χ1v) is 14.3. The first-order chi connectivity index (χ1) is 14.9. The Bertz CT molecular complexity index is 953. The van der Waals surface area contributed by atoms with Crippen molar-refractivity contribution in [1.29, 1.82) is 0 Å². The van der Waals surface area contributed by atoms with Crippen LogP contribution in [0.2, 0.25) is 20.6 Å². The number of hydrogen-bond acceptors (Lipinski definition) is 4. The van der Waals surface area contributed by atoms with E-state index in [4.69, 9.17) is 65.8 Å². The summed E-state index contributed by atoms with van der Waals surface area (Å²) in [5, 5.41) is 1.79. The van der Waals surface area contributed by atoms with Crippen molar-refractivity contribution in [3.8, 4) is 22.8 Å². The standard InChI is InChI=1S/2C10H6Cl2N2.2ClH.2H2O.Ru/c2*11-9-5-1-3-7(13-9)8-4-2-6-10(12)14-8;;;;;/h2*1-6H;2*1H;2*1H2;/q;;;;;;+2/p-2. The number of aromatic nitrogens is 4.